The minimum absolute atomic E-state index is 0.0700. The lowest BCUT2D eigenvalue weighted by molar-refractivity contribution is -0.206. The molecule has 1 saturated carbocycles. The fourth-order valence-corrected chi connectivity index (χ4v) is 8.74. The summed E-state index contributed by atoms with van der Waals surface area (Å²) in [6.07, 6.45) is 0.0905. The molecular formula is C34H38OP2. The van der Waals surface area contributed by atoms with Gasteiger partial charge in [-0.15, -0.1) is 18.5 Å². The van der Waals surface area contributed by atoms with Gasteiger partial charge >= 0.3 is 0 Å². The van der Waals surface area contributed by atoms with Gasteiger partial charge in [-0.25, -0.2) is 0 Å². The zero-order valence-corrected chi connectivity index (χ0v) is 24.4. The van der Waals surface area contributed by atoms with E-state index in [4.69, 9.17) is 4.74 Å². The average molecular weight is 525 g/mol. The molecule has 0 aliphatic heterocycles. The minimum atomic E-state index is -0.325. The second kappa shape index (κ2) is 10.5. The summed E-state index contributed by atoms with van der Waals surface area (Å²) in [5.74, 6) is 0.472. The van der Waals surface area contributed by atoms with Crippen LogP contribution in [0.2, 0.25) is 0 Å². The molecule has 190 valence electrons. The molecule has 1 aliphatic carbocycles. The highest BCUT2D eigenvalue weighted by atomic mass is 31.0. The van der Waals surface area contributed by atoms with Gasteiger partial charge in [0.05, 0.1) is 6.10 Å². The molecule has 5 unspecified atom stereocenters. The van der Waals surface area contributed by atoms with E-state index >= 15 is 0 Å². The van der Waals surface area contributed by atoms with Crippen LogP contribution in [-0.4, -0.2) is 12.7 Å². The molecule has 0 heterocycles. The van der Waals surface area contributed by atoms with Gasteiger partial charge in [0.2, 0.25) is 0 Å². The van der Waals surface area contributed by atoms with Gasteiger partial charge in [-0.1, -0.05) is 135 Å². The van der Waals surface area contributed by atoms with E-state index in [9.17, 15) is 0 Å². The third kappa shape index (κ3) is 4.30. The van der Waals surface area contributed by atoms with Crippen LogP contribution in [-0.2, 0) is 15.0 Å². The van der Waals surface area contributed by atoms with Crippen LogP contribution < -0.4 is 0 Å². The van der Waals surface area contributed by atoms with Crippen molar-refractivity contribution in [1.29, 1.82) is 0 Å². The monoisotopic (exact) mass is 524 g/mol. The topological polar surface area (TPSA) is 9.23 Å². The van der Waals surface area contributed by atoms with Gasteiger partial charge in [0.15, 0.2) is 0 Å². The van der Waals surface area contributed by atoms with Crippen molar-refractivity contribution in [3.8, 4) is 0 Å². The Labute approximate surface area is 227 Å². The fraction of sp³-hybridized carbons (Fsp3) is 0.294. The number of hydrogen-bond donors (Lipinski definition) is 0. The highest BCUT2D eigenvalue weighted by molar-refractivity contribution is 7.19. The molecule has 1 aliphatic rings. The van der Waals surface area contributed by atoms with E-state index in [-0.39, 0.29) is 33.7 Å². The lowest BCUT2D eigenvalue weighted by Crippen LogP contribution is -2.69. The first-order valence-corrected chi connectivity index (χ1v) is 14.4. The van der Waals surface area contributed by atoms with E-state index in [1.807, 2.05) is 0 Å². The van der Waals surface area contributed by atoms with Gasteiger partial charge in [-0.2, -0.15) is 0 Å². The van der Waals surface area contributed by atoms with Crippen LogP contribution in [0.15, 0.2) is 121 Å². The van der Waals surface area contributed by atoms with E-state index in [2.05, 4.69) is 161 Å². The predicted molar refractivity (Wildman–Crippen MR) is 163 cm³/mol. The Hall–Kier alpha value is -2.30. The second-order valence-electron chi connectivity index (χ2n) is 10.9. The van der Waals surface area contributed by atoms with Crippen molar-refractivity contribution in [3.05, 3.63) is 144 Å². The molecule has 0 bridgehead atoms. The zero-order chi connectivity index (χ0) is 26.1. The van der Waals surface area contributed by atoms with Crippen LogP contribution in [0.5, 0.6) is 0 Å². The summed E-state index contributed by atoms with van der Waals surface area (Å²) >= 11 is 0. The van der Waals surface area contributed by atoms with Gasteiger partial charge in [0.25, 0.3) is 0 Å². The summed E-state index contributed by atoms with van der Waals surface area (Å²) in [6.45, 7) is 7.63. The standard InChI is InChI=1S/C34H38OP2/c1-4-35-31-29(33(36,25-17-9-5-10-18-25)26-19-11-6-12-20-26)30(32(31,2)3)34(37,27-21-13-7-14-22-27)28-23-15-8-16-24-28/h5-24,29-31H,4,36-37H2,1-3H3. The average Bonchev–Trinajstić information content (AvgIpc) is 2.96. The first-order valence-electron chi connectivity index (χ1n) is 13.3. The molecule has 0 N–H and O–H groups in total. The van der Waals surface area contributed by atoms with Gasteiger partial charge in [0.1, 0.15) is 0 Å². The maximum absolute atomic E-state index is 6.67. The van der Waals surface area contributed by atoms with Crippen LogP contribution in [0, 0.1) is 17.3 Å². The lowest BCUT2D eigenvalue weighted by Gasteiger charge is -2.68. The molecule has 3 heteroatoms. The summed E-state index contributed by atoms with van der Waals surface area (Å²) in [5, 5.41) is -0.621. The van der Waals surface area contributed by atoms with Crippen molar-refractivity contribution < 1.29 is 4.74 Å². The highest BCUT2D eigenvalue weighted by Crippen LogP contribution is 2.70. The highest BCUT2D eigenvalue weighted by Gasteiger charge is 2.68. The molecule has 5 atom stereocenters. The molecule has 4 aromatic rings. The molecule has 0 aromatic heterocycles. The van der Waals surface area contributed by atoms with E-state index in [0.29, 0.717) is 6.61 Å². The Kier molecular flexibility index (Phi) is 7.44. The first kappa shape index (κ1) is 26.3. The molecule has 4 aromatic carbocycles. The maximum Gasteiger partial charge on any atom is 0.0675 e. The number of hydrogen-bond acceptors (Lipinski definition) is 1. The molecule has 0 saturated heterocycles. The van der Waals surface area contributed by atoms with Crippen molar-refractivity contribution >= 4 is 18.5 Å². The molecule has 1 fully saturated rings. The zero-order valence-electron chi connectivity index (χ0n) is 22.0. The third-order valence-corrected chi connectivity index (χ3v) is 10.7. The molecule has 37 heavy (non-hydrogen) atoms. The molecule has 5 rings (SSSR count). The van der Waals surface area contributed by atoms with Crippen molar-refractivity contribution in [2.75, 3.05) is 6.61 Å². The fourth-order valence-electron chi connectivity index (χ4n) is 6.96. The van der Waals surface area contributed by atoms with Crippen molar-refractivity contribution in [3.63, 3.8) is 0 Å². The predicted octanol–water partition coefficient (Wildman–Crippen LogP) is 8.30. The number of benzene rings is 4. The van der Waals surface area contributed by atoms with Crippen LogP contribution in [0.25, 0.3) is 0 Å². The summed E-state index contributed by atoms with van der Waals surface area (Å²) in [4.78, 5) is 0. The summed E-state index contributed by atoms with van der Waals surface area (Å²) in [7, 11) is 6.67. The summed E-state index contributed by atoms with van der Waals surface area (Å²) in [6, 6.07) is 44.0. The number of ether oxygens (including phenoxy) is 1. The SMILES string of the molecule is CCOC1C(C(P)(c2ccccc2)c2ccccc2)C(C(P)(c2ccccc2)c2ccccc2)C1(C)C. The normalized spacial score (nSPS) is 21.3. The van der Waals surface area contributed by atoms with E-state index in [1.165, 1.54) is 22.3 Å². The third-order valence-electron chi connectivity index (χ3n) is 8.59. The van der Waals surface area contributed by atoms with Gasteiger partial charge in [0, 0.05) is 22.8 Å². The van der Waals surface area contributed by atoms with E-state index < -0.39 is 0 Å². The Morgan fingerprint density at radius 3 is 1.24 bits per heavy atom. The van der Waals surface area contributed by atoms with Crippen LogP contribution in [0.3, 0.4) is 0 Å². The molecule has 1 nitrogen and oxygen atoms in total. The molecule has 0 spiro atoms. The smallest absolute Gasteiger partial charge is 0.0675 e. The second-order valence-corrected chi connectivity index (χ2v) is 12.7. The lowest BCUT2D eigenvalue weighted by atomic mass is 9.43. The number of rotatable bonds is 8. The Balaban J connectivity index is 1.79. The maximum atomic E-state index is 6.67. The molecule has 0 amide bonds. The Bertz CT molecular complexity index is 1210. The quantitative estimate of drug-likeness (QED) is 0.211. The van der Waals surface area contributed by atoms with Crippen LogP contribution >= 0.6 is 18.5 Å². The Morgan fingerprint density at radius 2 is 0.919 bits per heavy atom. The van der Waals surface area contributed by atoms with Gasteiger partial charge in [-0.05, 0) is 40.5 Å². The van der Waals surface area contributed by atoms with E-state index in [0.717, 1.165) is 0 Å². The van der Waals surface area contributed by atoms with Gasteiger partial charge in [-0.3, -0.25) is 0 Å². The summed E-state index contributed by atoms with van der Waals surface area (Å²) in [5.41, 5.74) is 5.17. The van der Waals surface area contributed by atoms with Crippen LogP contribution in [0.1, 0.15) is 43.0 Å². The van der Waals surface area contributed by atoms with Crippen molar-refractivity contribution in [2.24, 2.45) is 17.3 Å². The van der Waals surface area contributed by atoms with Crippen LogP contribution in [0.4, 0.5) is 0 Å². The Morgan fingerprint density at radius 1 is 0.595 bits per heavy atom. The van der Waals surface area contributed by atoms with Crippen molar-refractivity contribution in [1.82, 2.24) is 0 Å². The first-order chi connectivity index (χ1) is 17.9. The minimum Gasteiger partial charge on any atom is -0.378 e. The van der Waals surface area contributed by atoms with Crippen molar-refractivity contribution in [2.45, 2.75) is 37.2 Å². The van der Waals surface area contributed by atoms with E-state index in [1.54, 1.807) is 0 Å². The largest absolute Gasteiger partial charge is 0.378 e. The molecular weight excluding hydrogens is 486 g/mol. The molecule has 0 radical (unpaired) electrons. The summed E-state index contributed by atoms with van der Waals surface area (Å²) < 4.78 is 6.67. The van der Waals surface area contributed by atoms with Gasteiger partial charge < -0.3 is 4.74 Å².